The van der Waals surface area contributed by atoms with E-state index in [1.54, 1.807) is 39.7 Å². The number of fused-ring (bicyclic) bond motifs is 1. The number of piperazine rings is 1. The molecule has 2 saturated heterocycles. The molecule has 11 heteroatoms. The number of carbonyl (C=O) groups excluding carboxylic acids is 4. The first-order valence-electron chi connectivity index (χ1n) is 13.0. The Morgan fingerprint density at radius 3 is 2.64 bits per heavy atom. The van der Waals surface area contributed by atoms with Crippen LogP contribution in [0.4, 0.5) is 5.82 Å². The van der Waals surface area contributed by atoms with E-state index in [1.165, 1.54) is 11.3 Å². The zero-order valence-corrected chi connectivity index (χ0v) is 22.2. The highest BCUT2D eigenvalue weighted by Crippen LogP contribution is 2.29. The number of nitrogens with zero attached hydrogens (tertiary/aromatic N) is 4. The number of hydrogen-bond acceptors (Lipinski definition) is 8. The van der Waals surface area contributed by atoms with Gasteiger partial charge >= 0.3 is 0 Å². The smallest absolute Gasteiger partial charge is 0.243 e. The number of anilines is 1. The predicted molar refractivity (Wildman–Crippen MR) is 146 cm³/mol. The Morgan fingerprint density at radius 1 is 1.08 bits per heavy atom. The van der Waals surface area contributed by atoms with Gasteiger partial charge in [-0.1, -0.05) is 30.3 Å². The van der Waals surface area contributed by atoms with Gasteiger partial charge in [0.25, 0.3) is 0 Å². The summed E-state index contributed by atoms with van der Waals surface area (Å²) in [7, 11) is 0. The van der Waals surface area contributed by atoms with E-state index in [0.29, 0.717) is 43.1 Å². The largest absolute Gasteiger partial charge is 0.384 e. The molecule has 2 fully saturated rings. The number of Topliss-reactive ketones (excluding diaryl/α,β-unsaturated/α-hetero) is 1. The van der Waals surface area contributed by atoms with E-state index < -0.39 is 12.1 Å². The van der Waals surface area contributed by atoms with Gasteiger partial charge in [-0.05, 0) is 42.5 Å². The highest BCUT2D eigenvalue weighted by molar-refractivity contribution is 7.11. The molecule has 1 aromatic carbocycles. The number of carbonyl (C=O) groups is 4. The molecule has 3 aromatic rings. The van der Waals surface area contributed by atoms with Crippen molar-refractivity contribution >= 4 is 40.7 Å². The maximum absolute atomic E-state index is 13.5. The number of nitrogen functional groups attached to an aromatic ring is 1. The minimum absolute atomic E-state index is 0.0499. The maximum Gasteiger partial charge on any atom is 0.243 e. The Balaban J connectivity index is 1.24. The van der Waals surface area contributed by atoms with Crippen LogP contribution in [0.2, 0.25) is 0 Å². The Morgan fingerprint density at radius 2 is 1.90 bits per heavy atom. The average molecular weight is 547 g/mol. The van der Waals surface area contributed by atoms with Crippen molar-refractivity contribution in [3.8, 4) is 0 Å². The molecule has 0 saturated carbocycles. The van der Waals surface area contributed by atoms with Crippen LogP contribution in [-0.2, 0) is 27.2 Å². The lowest BCUT2D eigenvalue weighted by atomic mass is 10.0. The summed E-state index contributed by atoms with van der Waals surface area (Å²) in [5.41, 5.74) is 7.63. The van der Waals surface area contributed by atoms with E-state index in [4.69, 9.17) is 5.73 Å². The minimum atomic E-state index is -0.875. The third-order valence-electron chi connectivity index (χ3n) is 7.23. The first kappa shape index (κ1) is 26.5. The number of aryl methyl sites for hydroxylation is 1. The number of pyridine rings is 1. The van der Waals surface area contributed by atoms with Crippen LogP contribution in [0.25, 0.3) is 0 Å². The maximum atomic E-state index is 13.5. The van der Waals surface area contributed by atoms with E-state index in [2.05, 4.69) is 15.3 Å². The number of benzene rings is 1. The number of aromatic nitrogens is 2. The van der Waals surface area contributed by atoms with Crippen molar-refractivity contribution in [2.45, 2.75) is 50.2 Å². The summed E-state index contributed by atoms with van der Waals surface area (Å²) in [6.45, 7) is 0.354. The molecule has 2 aromatic heterocycles. The molecule has 2 aliphatic heterocycles. The van der Waals surface area contributed by atoms with Crippen LogP contribution in [0.3, 0.4) is 0 Å². The van der Waals surface area contributed by atoms with Crippen LogP contribution < -0.4 is 11.1 Å². The molecule has 10 nitrogen and oxygen atoms in total. The number of nitrogens with two attached hydrogens (primary N) is 1. The normalized spacial score (nSPS) is 19.4. The van der Waals surface area contributed by atoms with Gasteiger partial charge in [-0.15, -0.1) is 11.3 Å². The van der Waals surface area contributed by atoms with Gasteiger partial charge in [0.15, 0.2) is 5.01 Å². The molecule has 202 valence electrons. The monoisotopic (exact) mass is 546 g/mol. The lowest BCUT2D eigenvalue weighted by molar-refractivity contribution is -0.151. The molecule has 3 N–H and O–H groups in total. The number of ketones is 1. The zero-order chi connectivity index (χ0) is 27.4. The number of rotatable bonds is 9. The summed E-state index contributed by atoms with van der Waals surface area (Å²) in [5, 5.41) is 4.89. The van der Waals surface area contributed by atoms with E-state index in [-0.39, 0.29) is 42.5 Å². The molecule has 3 atom stereocenters. The van der Waals surface area contributed by atoms with Crippen LogP contribution in [0.1, 0.15) is 40.2 Å². The molecule has 3 amide bonds. The lowest BCUT2D eigenvalue weighted by Crippen LogP contribution is -2.60. The first-order chi connectivity index (χ1) is 18.9. The summed E-state index contributed by atoms with van der Waals surface area (Å²) in [4.78, 5) is 64.1. The Kier molecular flexibility index (Phi) is 7.97. The second-order valence-electron chi connectivity index (χ2n) is 9.86. The van der Waals surface area contributed by atoms with Crippen molar-refractivity contribution in [1.82, 2.24) is 25.1 Å². The topological polar surface area (TPSA) is 139 Å². The fourth-order valence-corrected chi connectivity index (χ4v) is 5.96. The van der Waals surface area contributed by atoms with Gasteiger partial charge in [0.1, 0.15) is 11.9 Å². The number of thiazole rings is 1. The zero-order valence-electron chi connectivity index (χ0n) is 21.4. The number of amides is 3. The second-order valence-corrected chi connectivity index (χ2v) is 10.8. The lowest BCUT2D eigenvalue weighted by Gasteiger charge is -2.39. The highest BCUT2D eigenvalue weighted by atomic mass is 32.1. The predicted octanol–water partition coefficient (Wildman–Crippen LogP) is 1.87. The Bertz CT molecular complexity index is 1350. The van der Waals surface area contributed by atoms with Gasteiger partial charge in [-0.2, -0.15) is 0 Å². The van der Waals surface area contributed by atoms with Crippen molar-refractivity contribution < 1.29 is 19.2 Å². The second kappa shape index (κ2) is 11.7. The molecule has 0 aliphatic carbocycles. The third-order valence-corrected chi connectivity index (χ3v) is 8.02. The summed E-state index contributed by atoms with van der Waals surface area (Å²) in [5.74, 6) is -0.679. The molecular formula is C28H30N6O4S. The fraction of sp³-hybridized carbons (Fsp3) is 0.357. The molecule has 0 spiro atoms. The molecule has 5 rings (SSSR count). The van der Waals surface area contributed by atoms with Crippen molar-refractivity contribution in [2.75, 3.05) is 18.8 Å². The van der Waals surface area contributed by atoms with E-state index in [9.17, 15) is 19.2 Å². The van der Waals surface area contributed by atoms with Crippen LogP contribution in [0.5, 0.6) is 0 Å². The molecule has 39 heavy (non-hydrogen) atoms. The fourth-order valence-electron chi connectivity index (χ4n) is 5.33. The average Bonchev–Trinajstić information content (AvgIpc) is 3.62. The van der Waals surface area contributed by atoms with Gasteiger partial charge < -0.3 is 20.9 Å². The molecule has 2 unspecified atom stereocenters. The van der Waals surface area contributed by atoms with Crippen LogP contribution in [-0.4, -0.2) is 74.5 Å². The van der Waals surface area contributed by atoms with Gasteiger partial charge in [0.05, 0.1) is 18.6 Å². The van der Waals surface area contributed by atoms with E-state index in [1.807, 2.05) is 30.3 Å². The Hall–Kier alpha value is -4.12. The molecular weight excluding hydrogens is 516 g/mol. The first-order valence-corrected chi connectivity index (χ1v) is 13.8. The third kappa shape index (κ3) is 6.14. The van der Waals surface area contributed by atoms with Crippen molar-refractivity contribution in [1.29, 1.82) is 0 Å². The van der Waals surface area contributed by atoms with Crippen LogP contribution in [0.15, 0.2) is 60.2 Å². The van der Waals surface area contributed by atoms with E-state index in [0.717, 1.165) is 11.1 Å². The Labute approximate surface area is 230 Å². The summed E-state index contributed by atoms with van der Waals surface area (Å²) in [6, 6.07) is 11.4. The quantitative estimate of drug-likeness (QED) is 0.391. The number of hydrogen-bond donors (Lipinski definition) is 2. The summed E-state index contributed by atoms with van der Waals surface area (Å²) in [6.07, 6.45) is 5.33. The SMILES string of the molecule is Nc1cc(CC(NC(=O)C2CC[C@H]3CN(C(=O)CCc4ccccc4)CC(=O)N23)C(=O)c2nccs2)ccn1. The number of nitrogens with one attached hydrogen (secondary N) is 1. The van der Waals surface area contributed by atoms with Crippen molar-refractivity contribution in [2.24, 2.45) is 0 Å². The minimum Gasteiger partial charge on any atom is -0.384 e. The van der Waals surface area contributed by atoms with E-state index >= 15 is 0 Å². The highest BCUT2D eigenvalue weighted by Gasteiger charge is 2.46. The molecule has 2 aliphatic rings. The van der Waals surface area contributed by atoms with Gasteiger partial charge in [-0.3, -0.25) is 19.2 Å². The molecule has 0 bridgehead atoms. The standard InChI is InChI=1S/C28H30N6O4S/c29-23-15-19(10-11-30-23)14-21(26(37)28-31-12-13-39-28)32-27(38)22-8-7-20-16-33(17-25(36)34(20)22)24(35)9-6-18-4-2-1-3-5-18/h1-5,10-13,15,20-22H,6-9,14,16-17H2,(H2,29,30)(H,32,38)/t20-,21?,22?/m0/s1. The van der Waals surface area contributed by atoms with Crippen molar-refractivity contribution in [3.05, 3.63) is 76.4 Å². The van der Waals surface area contributed by atoms with Crippen LogP contribution in [0, 0.1) is 0 Å². The summed E-state index contributed by atoms with van der Waals surface area (Å²) < 4.78 is 0. The molecule has 0 radical (unpaired) electrons. The summed E-state index contributed by atoms with van der Waals surface area (Å²) >= 11 is 1.21. The van der Waals surface area contributed by atoms with Crippen LogP contribution >= 0.6 is 11.3 Å². The molecule has 4 heterocycles. The van der Waals surface area contributed by atoms with Gasteiger partial charge in [0.2, 0.25) is 23.5 Å². The van der Waals surface area contributed by atoms with Crippen molar-refractivity contribution in [3.63, 3.8) is 0 Å². The van der Waals surface area contributed by atoms with Gasteiger partial charge in [0, 0.05) is 37.2 Å². The van der Waals surface area contributed by atoms with Gasteiger partial charge in [-0.25, -0.2) is 9.97 Å².